The third-order valence-corrected chi connectivity index (χ3v) is 3.46. The van der Waals surface area contributed by atoms with E-state index in [9.17, 15) is 15.2 Å². The number of nitro groups is 1. The van der Waals surface area contributed by atoms with Crippen LogP contribution in [-0.2, 0) is 0 Å². The van der Waals surface area contributed by atoms with Crippen molar-refractivity contribution in [3.8, 4) is 6.07 Å². The first-order chi connectivity index (χ1) is 10.2. The largest absolute Gasteiger partial charge is 0.395 e. The van der Waals surface area contributed by atoms with Gasteiger partial charge in [0, 0.05) is 25.2 Å². The minimum absolute atomic E-state index is 0.0483. The highest BCUT2D eigenvalue weighted by Crippen LogP contribution is 2.21. The zero-order valence-electron chi connectivity index (χ0n) is 11.5. The van der Waals surface area contributed by atoms with E-state index in [1.54, 1.807) is 6.07 Å². The van der Waals surface area contributed by atoms with Crippen LogP contribution in [0.25, 0.3) is 0 Å². The van der Waals surface area contributed by atoms with E-state index in [1.807, 2.05) is 4.90 Å². The number of hydrogen-bond donors (Lipinski definition) is 2. The normalized spacial score (nSPS) is 17.4. The summed E-state index contributed by atoms with van der Waals surface area (Å²) in [7, 11) is 0. The molecule has 2 N–H and O–H groups in total. The third kappa shape index (κ3) is 3.65. The summed E-state index contributed by atoms with van der Waals surface area (Å²) >= 11 is 0. The molecule has 0 radical (unpaired) electrons. The maximum absolute atomic E-state index is 10.8. The Bertz CT molecular complexity index is 551. The Morgan fingerprint density at radius 1 is 1.62 bits per heavy atom. The molecule has 0 bridgehead atoms. The molecule has 0 saturated carbocycles. The zero-order chi connectivity index (χ0) is 15.2. The number of nitrogens with one attached hydrogen (secondary N) is 1. The molecule has 1 aliphatic rings. The van der Waals surface area contributed by atoms with Crippen LogP contribution >= 0.6 is 0 Å². The molecule has 2 rings (SSSR count). The Kier molecular flexibility index (Phi) is 5.03. The molecule has 1 aromatic rings. The molecule has 21 heavy (non-hydrogen) atoms. The minimum Gasteiger partial charge on any atom is -0.395 e. The molecule has 0 spiro atoms. The van der Waals surface area contributed by atoms with Gasteiger partial charge in [-0.05, 0) is 25.5 Å². The maximum Gasteiger partial charge on any atom is 0.305 e. The molecule has 1 atom stereocenters. The van der Waals surface area contributed by atoms with E-state index < -0.39 is 4.92 Å². The van der Waals surface area contributed by atoms with Gasteiger partial charge in [-0.2, -0.15) is 5.26 Å². The van der Waals surface area contributed by atoms with Crippen molar-refractivity contribution in [2.75, 3.05) is 31.1 Å². The van der Waals surface area contributed by atoms with Crippen LogP contribution in [0.15, 0.2) is 12.1 Å². The predicted molar refractivity (Wildman–Crippen MR) is 75.9 cm³/mol. The average Bonchev–Trinajstić information content (AvgIpc) is 2.99. The molecule has 112 valence electrons. The molecule has 1 saturated heterocycles. The number of anilines is 1. The van der Waals surface area contributed by atoms with Crippen LogP contribution in [-0.4, -0.2) is 47.3 Å². The van der Waals surface area contributed by atoms with Crippen molar-refractivity contribution in [1.82, 2.24) is 10.3 Å². The van der Waals surface area contributed by atoms with Crippen LogP contribution in [0, 0.1) is 21.4 Å². The van der Waals surface area contributed by atoms with E-state index in [1.165, 1.54) is 12.1 Å². The van der Waals surface area contributed by atoms with Gasteiger partial charge in [0.05, 0.1) is 11.5 Å². The fourth-order valence-electron chi connectivity index (χ4n) is 2.45. The summed E-state index contributed by atoms with van der Waals surface area (Å²) in [6.45, 7) is 1.94. The van der Waals surface area contributed by atoms with Crippen LogP contribution in [0.4, 0.5) is 11.5 Å². The van der Waals surface area contributed by atoms with Gasteiger partial charge in [0.1, 0.15) is 11.9 Å². The highest BCUT2D eigenvalue weighted by molar-refractivity contribution is 5.51. The smallest absolute Gasteiger partial charge is 0.305 e. The third-order valence-electron chi connectivity index (χ3n) is 3.46. The average molecular weight is 291 g/mol. The molecular weight excluding hydrogens is 274 g/mol. The first kappa shape index (κ1) is 15.2. The molecule has 1 unspecified atom stereocenters. The van der Waals surface area contributed by atoms with E-state index in [0.717, 1.165) is 19.4 Å². The number of aliphatic hydroxyl groups is 1. The lowest BCUT2D eigenvalue weighted by atomic mass is 10.2. The van der Waals surface area contributed by atoms with Gasteiger partial charge < -0.3 is 15.3 Å². The standard InChI is InChI=1S/C13H17N5O3/c14-8-11-12(18(20)21)3-4-13(16-11)17(6-7-19)9-10-2-1-5-15-10/h3-4,10,15,19H,1-2,5-7,9H2. The van der Waals surface area contributed by atoms with Gasteiger partial charge in [0.25, 0.3) is 0 Å². The summed E-state index contributed by atoms with van der Waals surface area (Å²) in [5, 5.41) is 32.3. The zero-order valence-corrected chi connectivity index (χ0v) is 11.5. The number of hydrogen-bond acceptors (Lipinski definition) is 7. The molecule has 1 aliphatic heterocycles. The van der Waals surface area contributed by atoms with Crippen molar-refractivity contribution in [3.05, 3.63) is 27.9 Å². The van der Waals surface area contributed by atoms with Crippen molar-refractivity contribution < 1.29 is 10.0 Å². The van der Waals surface area contributed by atoms with Gasteiger partial charge in [-0.15, -0.1) is 0 Å². The van der Waals surface area contributed by atoms with E-state index in [2.05, 4.69) is 10.3 Å². The van der Waals surface area contributed by atoms with Crippen molar-refractivity contribution in [1.29, 1.82) is 5.26 Å². The van der Waals surface area contributed by atoms with Gasteiger partial charge in [0.2, 0.25) is 5.69 Å². The maximum atomic E-state index is 10.8. The van der Waals surface area contributed by atoms with Crippen LogP contribution in [0.3, 0.4) is 0 Å². The molecule has 0 aliphatic carbocycles. The van der Waals surface area contributed by atoms with Gasteiger partial charge in [0.15, 0.2) is 0 Å². The molecule has 8 heteroatoms. The molecule has 1 fully saturated rings. The first-order valence-corrected chi connectivity index (χ1v) is 6.80. The van der Waals surface area contributed by atoms with Gasteiger partial charge in [-0.1, -0.05) is 0 Å². The van der Waals surface area contributed by atoms with E-state index in [4.69, 9.17) is 5.26 Å². The van der Waals surface area contributed by atoms with Gasteiger partial charge in [-0.3, -0.25) is 10.1 Å². The van der Waals surface area contributed by atoms with Gasteiger partial charge >= 0.3 is 5.69 Å². The monoisotopic (exact) mass is 291 g/mol. The molecule has 1 aromatic heterocycles. The van der Waals surface area contributed by atoms with Crippen molar-refractivity contribution in [2.45, 2.75) is 18.9 Å². The highest BCUT2D eigenvalue weighted by atomic mass is 16.6. The van der Waals surface area contributed by atoms with Crippen LogP contribution in [0.5, 0.6) is 0 Å². The quantitative estimate of drug-likeness (QED) is 0.576. The lowest BCUT2D eigenvalue weighted by molar-refractivity contribution is -0.385. The SMILES string of the molecule is N#Cc1nc(N(CCO)CC2CCCN2)ccc1[N+](=O)[O-]. The molecule has 8 nitrogen and oxygen atoms in total. The lowest BCUT2D eigenvalue weighted by Gasteiger charge is -2.26. The number of aliphatic hydroxyl groups excluding tert-OH is 1. The van der Waals surface area contributed by atoms with E-state index in [0.29, 0.717) is 24.9 Å². The molecular formula is C13H17N5O3. The summed E-state index contributed by atoms with van der Waals surface area (Å²) in [5.74, 6) is 0.472. The van der Waals surface area contributed by atoms with E-state index >= 15 is 0 Å². The Morgan fingerprint density at radius 3 is 3.00 bits per heavy atom. The second-order valence-electron chi connectivity index (χ2n) is 4.87. The van der Waals surface area contributed by atoms with Crippen LogP contribution < -0.4 is 10.2 Å². The lowest BCUT2D eigenvalue weighted by Crippen LogP contribution is -2.39. The number of nitriles is 1. The number of aromatic nitrogens is 1. The van der Waals surface area contributed by atoms with Crippen molar-refractivity contribution in [3.63, 3.8) is 0 Å². The van der Waals surface area contributed by atoms with E-state index in [-0.39, 0.29) is 18.0 Å². The second kappa shape index (κ2) is 6.97. The van der Waals surface area contributed by atoms with Crippen LogP contribution in [0.2, 0.25) is 0 Å². The highest BCUT2D eigenvalue weighted by Gasteiger charge is 2.21. The minimum atomic E-state index is -0.621. The Morgan fingerprint density at radius 2 is 2.43 bits per heavy atom. The topological polar surface area (TPSA) is 115 Å². The first-order valence-electron chi connectivity index (χ1n) is 6.80. The molecule has 2 heterocycles. The van der Waals surface area contributed by atoms with Crippen molar-refractivity contribution >= 4 is 11.5 Å². The van der Waals surface area contributed by atoms with Gasteiger partial charge in [-0.25, -0.2) is 4.98 Å². The molecule has 0 amide bonds. The fraction of sp³-hybridized carbons (Fsp3) is 0.538. The predicted octanol–water partition coefficient (Wildman–Crippen LogP) is 0.412. The van der Waals surface area contributed by atoms with Crippen molar-refractivity contribution in [2.24, 2.45) is 0 Å². The second-order valence-corrected chi connectivity index (χ2v) is 4.87. The fourth-order valence-corrected chi connectivity index (χ4v) is 2.45. The summed E-state index contributed by atoms with van der Waals surface area (Å²) in [5.41, 5.74) is -0.510. The Balaban J connectivity index is 2.23. The Labute approximate surface area is 122 Å². The summed E-state index contributed by atoms with van der Waals surface area (Å²) < 4.78 is 0. The summed E-state index contributed by atoms with van der Waals surface area (Å²) in [4.78, 5) is 16.1. The summed E-state index contributed by atoms with van der Waals surface area (Å²) in [6, 6.07) is 4.86. The number of pyridine rings is 1. The number of nitrogens with zero attached hydrogens (tertiary/aromatic N) is 4. The summed E-state index contributed by atoms with van der Waals surface area (Å²) in [6.07, 6.45) is 2.15. The van der Waals surface area contributed by atoms with Crippen LogP contribution in [0.1, 0.15) is 18.5 Å². The number of rotatable bonds is 6. The molecule has 0 aromatic carbocycles. The Hall–Kier alpha value is -2.24.